The van der Waals surface area contributed by atoms with E-state index in [2.05, 4.69) is 4.98 Å². The van der Waals surface area contributed by atoms with Gasteiger partial charge in [-0.25, -0.2) is 9.37 Å². The van der Waals surface area contributed by atoms with Crippen LogP contribution in [0.25, 0.3) is 22.5 Å². The monoisotopic (exact) mass is 529 g/mol. The Bertz CT molecular complexity index is 1590. The molecule has 2 aliphatic rings. The SMILES string of the molecule is CCN(C)C(=O)c1nn(CC2CC2)c2c1Cc1cn(C)nc1-c1ccc(F)cc1[C@@H](C)Oc1cc-2cnc1N. The van der Waals surface area contributed by atoms with Gasteiger partial charge in [-0.15, -0.1) is 0 Å². The number of hydrogen-bond acceptors (Lipinski definition) is 6. The third-order valence-corrected chi connectivity index (χ3v) is 7.64. The van der Waals surface area contributed by atoms with Crippen LogP contribution in [0.1, 0.15) is 60.0 Å². The number of carbonyl (C=O) groups is 1. The number of benzene rings is 1. The number of aromatic nitrogens is 5. The summed E-state index contributed by atoms with van der Waals surface area (Å²) in [7, 11) is 3.64. The van der Waals surface area contributed by atoms with Crippen LogP contribution in [0.15, 0.2) is 36.7 Å². The number of amides is 1. The van der Waals surface area contributed by atoms with E-state index in [0.717, 1.165) is 40.8 Å². The molecule has 1 fully saturated rings. The molecule has 0 radical (unpaired) electrons. The van der Waals surface area contributed by atoms with E-state index in [-0.39, 0.29) is 17.5 Å². The second-order valence-corrected chi connectivity index (χ2v) is 10.6. The number of nitrogens with two attached hydrogens (primary N) is 1. The average molecular weight is 530 g/mol. The molecular weight excluding hydrogens is 497 g/mol. The first-order valence-corrected chi connectivity index (χ1v) is 13.3. The van der Waals surface area contributed by atoms with Crippen LogP contribution in [0.3, 0.4) is 0 Å². The number of nitrogen functional groups attached to an aromatic ring is 1. The maximum atomic E-state index is 14.5. The lowest BCUT2D eigenvalue weighted by molar-refractivity contribution is 0.0794. The first-order chi connectivity index (χ1) is 18.7. The number of hydrogen-bond donors (Lipinski definition) is 1. The van der Waals surface area contributed by atoms with E-state index in [4.69, 9.17) is 20.7 Å². The number of rotatable bonds is 4. The van der Waals surface area contributed by atoms with Gasteiger partial charge in [0, 0.05) is 73.8 Å². The predicted molar refractivity (Wildman–Crippen MR) is 146 cm³/mol. The van der Waals surface area contributed by atoms with E-state index in [9.17, 15) is 9.18 Å². The van der Waals surface area contributed by atoms with Crippen molar-refractivity contribution in [3.05, 3.63) is 64.9 Å². The lowest BCUT2D eigenvalue weighted by atomic mass is 9.93. The number of halogens is 1. The largest absolute Gasteiger partial charge is 0.482 e. The summed E-state index contributed by atoms with van der Waals surface area (Å²) in [6.45, 7) is 5.07. The highest BCUT2D eigenvalue weighted by Gasteiger charge is 2.32. The van der Waals surface area contributed by atoms with Gasteiger partial charge in [0.2, 0.25) is 0 Å². The molecule has 10 heteroatoms. The molecular formula is C29H32FN7O2. The Morgan fingerprint density at radius 1 is 1.26 bits per heavy atom. The lowest BCUT2D eigenvalue weighted by Crippen LogP contribution is -2.27. The van der Waals surface area contributed by atoms with Gasteiger partial charge < -0.3 is 15.4 Å². The van der Waals surface area contributed by atoms with Crippen molar-refractivity contribution < 1.29 is 13.9 Å². The van der Waals surface area contributed by atoms with Gasteiger partial charge in [0.15, 0.2) is 17.3 Å². The Kier molecular flexibility index (Phi) is 6.12. The molecule has 202 valence electrons. The summed E-state index contributed by atoms with van der Waals surface area (Å²) >= 11 is 0. The lowest BCUT2D eigenvalue weighted by Gasteiger charge is -2.21. The molecule has 1 aliphatic heterocycles. The summed E-state index contributed by atoms with van der Waals surface area (Å²) in [5.41, 5.74) is 12.1. The van der Waals surface area contributed by atoms with Gasteiger partial charge in [0.1, 0.15) is 11.9 Å². The molecule has 9 nitrogen and oxygen atoms in total. The van der Waals surface area contributed by atoms with E-state index in [1.54, 1.807) is 28.9 Å². The zero-order valence-corrected chi connectivity index (χ0v) is 22.6. The third kappa shape index (κ3) is 4.53. The molecule has 1 aliphatic carbocycles. The van der Waals surface area contributed by atoms with Crippen LogP contribution in [-0.2, 0) is 20.0 Å². The molecule has 2 bridgehead atoms. The number of anilines is 1. The van der Waals surface area contributed by atoms with E-state index in [1.165, 1.54) is 12.1 Å². The van der Waals surface area contributed by atoms with Gasteiger partial charge in [-0.3, -0.25) is 14.2 Å². The highest BCUT2D eigenvalue weighted by molar-refractivity contribution is 5.96. The normalized spacial score (nSPS) is 16.3. The Hall–Kier alpha value is -4.21. The van der Waals surface area contributed by atoms with Crippen molar-refractivity contribution in [2.45, 2.75) is 45.8 Å². The van der Waals surface area contributed by atoms with Crippen LogP contribution in [0.4, 0.5) is 10.2 Å². The Morgan fingerprint density at radius 3 is 2.79 bits per heavy atom. The first-order valence-electron chi connectivity index (χ1n) is 13.3. The molecule has 0 unspecified atom stereocenters. The average Bonchev–Trinajstić information content (AvgIpc) is 3.56. The summed E-state index contributed by atoms with van der Waals surface area (Å²) in [5, 5.41) is 9.68. The molecule has 3 aromatic heterocycles. The molecule has 0 spiro atoms. The van der Waals surface area contributed by atoms with Gasteiger partial charge in [0.05, 0.1) is 11.4 Å². The summed E-state index contributed by atoms with van der Waals surface area (Å²) in [5.74, 6) is 0.636. The summed E-state index contributed by atoms with van der Waals surface area (Å²) in [6, 6.07) is 6.48. The van der Waals surface area contributed by atoms with E-state index in [0.29, 0.717) is 48.1 Å². The molecule has 4 aromatic rings. The Labute approximate surface area is 226 Å². The third-order valence-electron chi connectivity index (χ3n) is 7.64. The van der Waals surface area contributed by atoms with Gasteiger partial charge in [0.25, 0.3) is 5.91 Å². The standard InChI is InChI=1S/C29H32FN7O2/c1-5-35(3)29(38)26-23-10-19-15-36(4)33-25(19)21-9-8-20(30)12-22(21)16(2)39-24-11-18(13-32-28(24)31)27(23)37(34-26)14-17-6-7-17/h8-9,11-13,15-17H,5-7,10,14H2,1-4H3,(H2,31,32)/t16-/m1/s1. The second kappa shape index (κ2) is 9.52. The topological polar surface area (TPSA) is 104 Å². The van der Waals surface area contributed by atoms with Crippen LogP contribution in [0.5, 0.6) is 5.75 Å². The number of aryl methyl sites for hydroxylation is 1. The maximum absolute atomic E-state index is 14.5. The highest BCUT2D eigenvalue weighted by Crippen LogP contribution is 2.40. The zero-order chi connectivity index (χ0) is 27.4. The fourth-order valence-electron chi connectivity index (χ4n) is 5.27. The minimum Gasteiger partial charge on any atom is -0.482 e. The van der Waals surface area contributed by atoms with Gasteiger partial charge in [-0.1, -0.05) is 0 Å². The fourth-order valence-corrected chi connectivity index (χ4v) is 5.27. The van der Waals surface area contributed by atoms with Crippen molar-refractivity contribution in [2.24, 2.45) is 13.0 Å². The van der Waals surface area contributed by atoms with Crippen LogP contribution in [-0.4, -0.2) is 48.9 Å². The van der Waals surface area contributed by atoms with Crippen LogP contribution >= 0.6 is 0 Å². The summed E-state index contributed by atoms with van der Waals surface area (Å²) < 4.78 is 24.5. The molecule has 1 amide bonds. The van der Waals surface area contributed by atoms with E-state index < -0.39 is 6.10 Å². The van der Waals surface area contributed by atoms with E-state index in [1.807, 2.05) is 37.8 Å². The van der Waals surface area contributed by atoms with Crippen LogP contribution < -0.4 is 10.5 Å². The molecule has 1 aromatic carbocycles. The first kappa shape index (κ1) is 25.1. The summed E-state index contributed by atoms with van der Waals surface area (Å²) in [6.07, 6.45) is 5.81. The molecule has 39 heavy (non-hydrogen) atoms. The molecule has 1 atom stereocenters. The number of fused-ring (bicyclic) bond motifs is 7. The number of carbonyl (C=O) groups excluding carboxylic acids is 1. The number of nitrogens with zero attached hydrogens (tertiary/aromatic N) is 6. The fraction of sp³-hybridized carbons (Fsp3) is 0.379. The second-order valence-electron chi connectivity index (χ2n) is 10.6. The molecule has 4 heterocycles. The zero-order valence-electron chi connectivity index (χ0n) is 22.6. The number of ether oxygens (including phenoxy) is 1. The van der Waals surface area contributed by atoms with Crippen molar-refractivity contribution in [1.82, 2.24) is 29.4 Å². The minimum absolute atomic E-state index is 0.142. The van der Waals surface area contributed by atoms with Crippen molar-refractivity contribution in [2.75, 3.05) is 19.3 Å². The smallest absolute Gasteiger partial charge is 0.274 e. The van der Waals surface area contributed by atoms with Crippen molar-refractivity contribution in [1.29, 1.82) is 0 Å². The summed E-state index contributed by atoms with van der Waals surface area (Å²) in [4.78, 5) is 19.8. The van der Waals surface area contributed by atoms with Crippen LogP contribution in [0.2, 0.25) is 0 Å². The van der Waals surface area contributed by atoms with Crippen molar-refractivity contribution in [3.63, 3.8) is 0 Å². The van der Waals surface area contributed by atoms with Gasteiger partial charge in [-0.05, 0) is 56.9 Å². The van der Waals surface area contributed by atoms with Gasteiger partial charge >= 0.3 is 0 Å². The predicted octanol–water partition coefficient (Wildman–Crippen LogP) is 4.61. The molecule has 0 saturated heterocycles. The maximum Gasteiger partial charge on any atom is 0.274 e. The van der Waals surface area contributed by atoms with Crippen molar-refractivity contribution in [3.8, 4) is 28.3 Å². The Morgan fingerprint density at radius 2 is 2.05 bits per heavy atom. The Balaban J connectivity index is 1.65. The molecule has 2 N–H and O–H groups in total. The molecule has 6 rings (SSSR count). The van der Waals surface area contributed by atoms with E-state index >= 15 is 0 Å². The number of pyridine rings is 1. The quantitative estimate of drug-likeness (QED) is 0.414. The van der Waals surface area contributed by atoms with Crippen molar-refractivity contribution >= 4 is 11.7 Å². The molecule has 1 saturated carbocycles. The minimum atomic E-state index is -0.532. The highest BCUT2D eigenvalue weighted by atomic mass is 19.1. The van der Waals surface area contributed by atoms with Gasteiger partial charge in [-0.2, -0.15) is 10.2 Å². The van der Waals surface area contributed by atoms with Crippen LogP contribution in [0, 0.1) is 11.7 Å².